The lowest BCUT2D eigenvalue weighted by Gasteiger charge is -2.09. The number of benzene rings is 1. The predicted octanol–water partition coefficient (Wildman–Crippen LogP) is 2.49. The Morgan fingerprint density at radius 3 is 2.85 bits per heavy atom. The zero-order chi connectivity index (χ0) is 14.5. The molecule has 5 heteroatoms. The lowest BCUT2D eigenvalue weighted by molar-refractivity contribution is 0.103. The van der Waals surface area contributed by atoms with Gasteiger partial charge in [-0.3, -0.25) is 10.2 Å². The average Bonchev–Trinajstić information content (AvgIpc) is 2.43. The zero-order valence-electron chi connectivity index (χ0n) is 10.4. The number of allylic oxidation sites excluding steroid dienone is 4. The number of Topliss-reactive ketones (excluding diaryl/α,β-unsaturated/α-hetero) is 1. The summed E-state index contributed by atoms with van der Waals surface area (Å²) in [5.41, 5.74) is 3.17. The molecule has 0 amide bonds. The van der Waals surface area contributed by atoms with Gasteiger partial charge < -0.3 is 0 Å². The van der Waals surface area contributed by atoms with Crippen LogP contribution >= 0.6 is 0 Å². The van der Waals surface area contributed by atoms with Crippen molar-refractivity contribution in [2.24, 2.45) is 5.10 Å². The number of nitrogens with zero attached hydrogens (tertiary/aromatic N) is 2. The fourth-order valence-electron chi connectivity index (χ4n) is 1.67. The number of halogens is 1. The van der Waals surface area contributed by atoms with Gasteiger partial charge >= 0.3 is 0 Å². The van der Waals surface area contributed by atoms with Gasteiger partial charge in [-0.15, -0.1) is 0 Å². The van der Waals surface area contributed by atoms with Crippen LogP contribution in [0.4, 0.5) is 4.39 Å². The number of hydrazone groups is 1. The number of rotatable bonds is 2. The SMILES string of the molecule is C=C1/C=C(C#N)\C=N/N/C=C\1C(=O)c1ccccc1F. The third kappa shape index (κ3) is 2.70. The Kier molecular flexibility index (Phi) is 3.87. The number of ketones is 1. The van der Waals surface area contributed by atoms with Crippen molar-refractivity contribution in [3.05, 3.63) is 71.2 Å². The second-order valence-electron chi connectivity index (χ2n) is 3.99. The number of hydrogen-bond donors (Lipinski definition) is 1. The molecule has 0 fully saturated rings. The molecule has 98 valence electrons. The van der Waals surface area contributed by atoms with Crippen molar-refractivity contribution in [2.45, 2.75) is 0 Å². The lowest BCUT2D eigenvalue weighted by atomic mass is 9.96. The van der Waals surface area contributed by atoms with Crippen LogP contribution in [-0.2, 0) is 0 Å². The maximum Gasteiger partial charge on any atom is 0.198 e. The maximum absolute atomic E-state index is 13.7. The van der Waals surface area contributed by atoms with E-state index in [-0.39, 0.29) is 16.7 Å². The summed E-state index contributed by atoms with van der Waals surface area (Å²) in [6.07, 6.45) is 4.07. The Bertz CT molecular complexity index is 708. The van der Waals surface area contributed by atoms with E-state index >= 15 is 0 Å². The molecule has 0 bridgehead atoms. The van der Waals surface area contributed by atoms with Crippen molar-refractivity contribution in [2.75, 3.05) is 0 Å². The fraction of sp³-hybridized carbons (Fsp3) is 0. The van der Waals surface area contributed by atoms with Crippen LogP contribution in [-0.4, -0.2) is 12.0 Å². The molecule has 0 atom stereocenters. The normalized spacial score (nSPS) is 21.1. The molecule has 0 aromatic heterocycles. The van der Waals surface area contributed by atoms with Crippen LogP contribution in [0.2, 0.25) is 0 Å². The first-order valence-electron chi connectivity index (χ1n) is 5.72. The topological polar surface area (TPSA) is 65.2 Å². The Hall–Kier alpha value is -3.00. The van der Waals surface area contributed by atoms with Crippen LogP contribution in [0, 0.1) is 17.1 Å². The first-order valence-corrected chi connectivity index (χ1v) is 5.72. The minimum absolute atomic E-state index is 0.0573. The average molecular weight is 267 g/mol. The quantitative estimate of drug-likeness (QED) is 0.837. The minimum Gasteiger partial charge on any atom is -0.288 e. The number of nitriles is 1. The molecular formula is C15H10FN3O. The molecule has 1 aliphatic heterocycles. The molecule has 20 heavy (non-hydrogen) atoms. The highest BCUT2D eigenvalue weighted by molar-refractivity contribution is 6.12. The summed E-state index contributed by atoms with van der Waals surface area (Å²) in [4.78, 5) is 12.3. The summed E-state index contributed by atoms with van der Waals surface area (Å²) in [7, 11) is 0. The molecule has 4 nitrogen and oxygen atoms in total. The van der Waals surface area contributed by atoms with Gasteiger partial charge in [-0.05, 0) is 23.8 Å². The summed E-state index contributed by atoms with van der Waals surface area (Å²) < 4.78 is 13.7. The third-order valence-corrected chi connectivity index (χ3v) is 2.65. The van der Waals surface area contributed by atoms with Gasteiger partial charge in [0.25, 0.3) is 0 Å². The number of carbonyl (C=O) groups excluding carboxylic acids is 1. The van der Waals surface area contributed by atoms with E-state index in [1.807, 2.05) is 6.07 Å². The van der Waals surface area contributed by atoms with Crippen LogP contribution in [0.3, 0.4) is 0 Å². The summed E-state index contributed by atoms with van der Waals surface area (Å²) in [5, 5.41) is 12.6. The van der Waals surface area contributed by atoms with E-state index < -0.39 is 11.6 Å². The van der Waals surface area contributed by atoms with Crippen LogP contribution in [0.25, 0.3) is 0 Å². The van der Waals surface area contributed by atoms with E-state index in [0.29, 0.717) is 5.57 Å². The van der Waals surface area contributed by atoms with Gasteiger partial charge in [0.1, 0.15) is 11.9 Å². The Morgan fingerprint density at radius 2 is 2.15 bits per heavy atom. The fourth-order valence-corrected chi connectivity index (χ4v) is 1.67. The van der Waals surface area contributed by atoms with Crippen molar-refractivity contribution >= 4 is 12.0 Å². The third-order valence-electron chi connectivity index (χ3n) is 2.65. The van der Waals surface area contributed by atoms with E-state index in [1.165, 1.54) is 36.7 Å². The molecule has 1 heterocycles. The van der Waals surface area contributed by atoms with Gasteiger partial charge in [0, 0.05) is 11.8 Å². The summed E-state index contributed by atoms with van der Waals surface area (Å²) >= 11 is 0. The molecule has 1 aromatic rings. The van der Waals surface area contributed by atoms with E-state index in [2.05, 4.69) is 17.1 Å². The smallest absolute Gasteiger partial charge is 0.198 e. The number of nitrogens with one attached hydrogen (secondary N) is 1. The van der Waals surface area contributed by atoms with E-state index in [0.717, 1.165) is 0 Å². The monoisotopic (exact) mass is 267 g/mol. The minimum atomic E-state index is -0.610. The highest BCUT2D eigenvalue weighted by atomic mass is 19.1. The van der Waals surface area contributed by atoms with Crippen LogP contribution < -0.4 is 5.43 Å². The molecule has 0 spiro atoms. The van der Waals surface area contributed by atoms with E-state index in [9.17, 15) is 9.18 Å². The highest BCUT2D eigenvalue weighted by Gasteiger charge is 2.18. The van der Waals surface area contributed by atoms with Gasteiger partial charge in [0.05, 0.1) is 17.4 Å². The highest BCUT2D eigenvalue weighted by Crippen LogP contribution is 2.19. The van der Waals surface area contributed by atoms with Crippen LogP contribution in [0.15, 0.2) is 64.9 Å². The molecule has 1 N–H and O–H groups in total. The van der Waals surface area contributed by atoms with Crippen molar-refractivity contribution in [3.8, 4) is 6.07 Å². The van der Waals surface area contributed by atoms with E-state index in [4.69, 9.17) is 5.26 Å². The molecule has 0 radical (unpaired) electrons. The Labute approximate surface area is 115 Å². The van der Waals surface area contributed by atoms with Gasteiger partial charge in [-0.25, -0.2) is 4.39 Å². The summed E-state index contributed by atoms with van der Waals surface area (Å²) in [5.74, 6) is -1.13. The molecule has 0 saturated heterocycles. The van der Waals surface area contributed by atoms with Crippen molar-refractivity contribution in [1.29, 1.82) is 5.26 Å². The van der Waals surface area contributed by atoms with Gasteiger partial charge in [0.2, 0.25) is 0 Å². The van der Waals surface area contributed by atoms with E-state index in [1.54, 1.807) is 6.07 Å². The zero-order valence-corrected chi connectivity index (χ0v) is 10.4. The van der Waals surface area contributed by atoms with Gasteiger partial charge in [-0.2, -0.15) is 10.4 Å². The molecule has 2 rings (SSSR count). The second kappa shape index (κ2) is 5.76. The molecule has 1 aromatic carbocycles. The van der Waals surface area contributed by atoms with Crippen LogP contribution in [0.1, 0.15) is 10.4 Å². The second-order valence-corrected chi connectivity index (χ2v) is 3.99. The first kappa shape index (κ1) is 13.4. The Balaban J connectivity index is 2.42. The lowest BCUT2D eigenvalue weighted by Crippen LogP contribution is -2.12. The predicted molar refractivity (Wildman–Crippen MR) is 73.3 cm³/mol. The summed E-state index contributed by atoms with van der Waals surface area (Å²) in [6, 6.07) is 7.59. The van der Waals surface area contributed by atoms with Crippen LogP contribution in [0.5, 0.6) is 0 Å². The van der Waals surface area contributed by atoms with Gasteiger partial charge in [-0.1, -0.05) is 18.7 Å². The number of carbonyl (C=O) groups is 1. The first-order chi connectivity index (χ1) is 9.63. The Morgan fingerprint density at radius 1 is 1.40 bits per heavy atom. The molecule has 1 aliphatic rings. The number of hydrogen-bond acceptors (Lipinski definition) is 4. The van der Waals surface area contributed by atoms with Crippen molar-refractivity contribution in [3.63, 3.8) is 0 Å². The van der Waals surface area contributed by atoms with Gasteiger partial charge in [0.15, 0.2) is 5.78 Å². The molecule has 0 saturated carbocycles. The maximum atomic E-state index is 13.7. The standard InChI is InChI=1S/C15H10FN3O/c1-10-6-11(7-17)8-18-19-9-13(10)15(20)12-4-2-3-5-14(12)16/h2-6,8-9,19H,1H2/b11-6-,13-9+,18-8-. The molecular weight excluding hydrogens is 257 g/mol. The molecule has 0 aliphatic carbocycles. The van der Waals surface area contributed by atoms with Crippen molar-refractivity contribution in [1.82, 2.24) is 5.43 Å². The molecule has 0 unspecified atom stereocenters. The largest absolute Gasteiger partial charge is 0.288 e. The van der Waals surface area contributed by atoms with Crippen molar-refractivity contribution < 1.29 is 9.18 Å². The summed E-state index contributed by atoms with van der Waals surface area (Å²) in [6.45, 7) is 3.73.